The lowest BCUT2D eigenvalue weighted by Gasteiger charge is -2.14. The number of rotatable bonds is 4. The number of carbonyl (C=O) groups is 1. The molecule has 0 radical (unpaired) electrons. The Kier molecular flexibility index (Phi) is 5.09. The molecule has 0 heterocycles. The molecule has 0 saturated heterocycles. The van der Waals surface area contributed by atoms with E-state index in [1.807, 2.05) is 6.92 Å². The lowest BCUT2D eigenvalue weighted by atomic mass is 10.1. The molecule has 0 bridgehead atoms. The first-order valence-electron chi connectivity index (χ1n) is 4.93. The molecule has 3 nitrogen and oxygen atoms in total. The number of phenols is 1. The van der Waals surface area contributed by atoms with E-state index in [0.717, 1.165) is 6.42 Å². The minimum atomic E-state index is -0.291. The topological polar surface area (TPSA) is 49.3 Å². The van der Waals surface area contributed by atoms with E-state index >= 15 is 0 Å². The second kappa shape index (κ2) is 6.11. The zero-order valence-electron chi connectivity index (χ0n) is 8.84. The molecule has 0 spiro atoms. The van der Waals surface area contributed by atoms with E-state index in [4.69, 9.17) is 11.6 Å². The van der Waals surface area contributed by atoms with Gasteiger partial charge in [0.15, 0.2) is 0 Å². The summed E-state index contributed by atoms with van der Waals surface area (Å²) in [4.78, 5) is 11.8. The van der Waals surface area contributed by atoms with E-state index in [-0.39, 0.29) is 23.3 Å². The van der Waals surface area contributed by atoms with Crippen molar-refractivity contribution < 1.29 is 9.90 Å². The van der Waals surface area contributed by atoms with E-state index in [1.165, 1.54) is 12.1 Å². The van der Waals surface area contributed by atoms with Crippen LogP contribution in [0.5, 0.6) is 5.75 Å². The van der Waals surface area contributed by atoms with E-state index < -0.39 is 0 Å². The molecule has 0 aliphatic carbocycles. The maximum absolute atomic E-state index is 11.8. The van der Waals surface area contributed by atoms with Gasteiger partial charge in [0.25, 0.3) is 5.91 Å². The van der Waals surface area contributed by atoms with Crippen LogP contribution >= 0.6 is 27.5 Å². The summed E-state index contributed by atoms with van der Waals surface area (Å²) >= 11 is 8.99. The van der Waals surface area contributed by atoms with Crippen molar-refractivity contribution in [2.24, 2.45) is 0 Å². The van der Waals surface area contributed by atoms with E-state index in [9.17, 15) is 9.90 Å². The number of alkyl halides is 1. The number of phenolic OH excluding ortho intramolecular Hbond substituents is 1. The normalized spacial score (nSPS) is 12.2. The van der Waals surface area contributed by atoms with Crippen LogP contribution < -0.4 is 5.32 Å². The Labute approximate surface area is 108 Å². The summed E-state index contributed by atoms with van der Waals surface area (Å²) in [5.74, 6) is -0.394. The Bertz CT molecular complexity index is 380. The van der Waals surface area contributed by atoms with Crippen molar-refractivity contribution in [3.05, 3.63) is 28.8 Å². The van der Waals surface area contributed by atoms with Crippen LogP contribution in [0.1, 0.15) is 23.7 Å². The highest BCUT2D eigenvalue weighted by atomic mass is 79.9. The zero-order valence-corrected chi connectivity index (χ0v) is 11.2. The van der Waals surface area contributed by atoms with Crippen molar-refractivity contribution in [2.75, 3.05) is 5.33 Å². The number of hydrogen-bond donors (Lipinski definition) is 2. The van der Waals surface area contributed by atoms with Crippen LogP contribution in [0.3, 0.4) is 0 Å². The number of benzene rings is 1. The molecule has 88 valence electrons. The van der Waals surface area contributed by atoms with E-state index in [0.29, 0.717) is 10.4 Å². The van der Waals surface area contributed by atoms with Gasteiger partial charge in [-0.3, -0.25) is 4.79 Å². The molecule has 0 aromatic heterocycles. The minimum absolute atomic E-state index is 0.0579. The summed E-state index contributed by atoms with van der Waals surface area (Å²) in [6, 6.07) is 4.49. The Morgan fingerprint density at radius 2 is 2.31 bits per heavy atom. The van der Waals surface area contributed by atoms with Crippen LogP contribution in [0.15, 0.2) is 18.2 Å². The third-order valence-corrected chi connectivity index (χ3v) is 3.24. The number of hydrogen-bond acceptors (Lipinski definition) is 2. The van der Waals surface area contributed by atoms with Crippen molar-refractivity contribution in [2.45, 2.75) is 19.4 Å². The first-order valence-corrected chi connectivity index (χ1v) is 6.43. The van der Waals surface area contributed by atoms with Gasteiger partial charge in [0, 0.05) is 16.4 Å². The number of aromatic hydroxyl groups is 1. The van der Waals surface area contributed by atoms with Crippen LogP contribution in [-0.2, 0) is 0 Å². The first kappa shape index (κ1) is 13.3. The zero-order chi connectivity index (χ0) is 12.1. The highest BCUT2D eigenvalue weighted by molar-refractivity contribution is 9.09. The molecular weight excluding hydrogens is 293 g/mol. The second-order valence-corrected chi connectivity index (χ2v) is 4.48. The molecule has 1 aromatic carbocycles. The van der Waals surface area contributed by atoms with Crippen molar-refractivity contribution in [1.82, 2.24) is 5.32 Å². The van der Waals surface area contributed by atoms with Crippen LogP contribution in [0.25, 0.3) is 0 Å². The summed E-state index contributed by atoms with van der Waals surface area (Å²) in [5, 5.41) is 13.5. The smallest absolute Gasteiger partial charge is 0.255 e. The first-order chi connectivity index (χ1) is 7.58. The van der Waals surface area contributed by atoms with Crippen LogP contribution in [0.4, 0.5) is 0 Å². The average Bonchev–Trinajstić information content (AvgIpc) is 2.25. The molecule has 5 heteroatoms. The standard InChI is InChI=1S/C11H13BrClNO2/c1-2-8(6-12)14-11(16)9-4-3-7(13)5-10(9)15/h3-5,8,15H,2,6H2,1H3,(H,14,16). The number of halogens is 2. The largest absolute Gasteiger partial charge is 0.507 e. The molecule has 0 fully saturated rings. The number of nitrogens with one attached hydrogen (secondary N) is 1. The van der Waals surface area contributed by atoms with Crippen molar-refractivity contribution in [3.63, 3.8) is 0 Å². The molecule has 1 rings (SSSR count). The predicted molar refractivity (Wildman–Crippen MR) is 68.5 cm³/mol. The lowest BCUT2D eigenvalue weighted by molar-refractivity contribution is 0.0937. The summed E-state index contributed by atoms with van der Waals surface area (Å²) in [5.41, 5.74) is 0.240. The van der Waals surface area contributed by atoms with Gasteiger partial charge in [-0.2, -0.15) is 0 Å². The summed E-state index contributed by atoms with van der Waals surface area (Å²) in [7, 11) is 0. The fourth-order valence-corrected chi connectivity index (χ4v) is 2.00. The fourth-order valence-electron chi connectivity index (χ4n) is 1.21. The van der Waals surface area contributed by atoms with Gasteiger partial charge in [0.05, 0.1) is 5.56 Å². The second-order valence-electron chi connectivity index (χ2n) is 3.39. The monoisotopic (exact) mass is 305 g/mol. The molecule has 1 aromatic rings. The minimum Gasteiger partial charge on any atom is -0.507 e. The molecule has 1 amide bonds. The maximum atomic E-state index is 11.8. The third kappa shape index (κ3) is 3.39. The SMILES string of the molecule is CCC(CBr)NC(=O)c1ccc(Cl)cc1O. The Morgan fingerprint density at radius 3 is 2.81 bits per heavy atom. The maximum Gasteiger partial charge on any atom is 0.255 e. The molecule has 0 saturated carbocycles. The van der Waals surface area contributed by atoms with Crippen molar-refractivity contribution >= 4 is 33.4 Å². The van der Waals surface area contributed by atoms with Gasteiger partial charge in [0.2, 0.25) is 0 Å². The molecule has 1 unspecified atom stereocenters. The Hall–Kier alpha value is -0.740. The van der Waals surface area contributed by atoms with Crippen LogP contribution in [0, 0.1) is 0 Å². The quantitative estimate of drug-likeness (QED) is 0.840. The van der Waals surface area contributed by atoms with Gasteiger partial charge in [-0.1, -0.05) is 34.5 Å². The predicted octanol–water partition coefficient (Wildman–Crippen LogP) is 2.95. The van der Waals surface area contributed by atoms with Crippen molar-refractivity contribution in [1.29, 1.82) is 0 Å². The molecular formula is C11H13BrClNO2. The molecule has 2 N–H and O–H groups in total. The Morgan fingerprint density at radius 1 is 1.62 bits per heavy atom. The number of amides is 1. The van der Waals surface area contributed by atoms with Gasteiger partial charge in [-0.25, -0.2) is 0 Å². The third-order valence-electron chi connectivity index (χ3n) is 2.22. The highest BCUT2D eigenvalue weighted by Crippen LogP contribution is 2.21. The summed E-state index contributed by atoms with van der Waals surface area (Å²) in [6.45, 7) is 1.98. The van der Waals surface area contributed by atoms with E-state index in [2.05, 4.69) is 21.2 Å². The van der Waals surface area contributed by atoms with Gasteiger partial charge >= 0.3 is 0 Å². The number of carbonyl (C=O) groups excluding carboxylic acids is 1. The van der Waals surface area contributed by atoms with Gasteiger partial charge < -0.3 is 10.4 Å². The average molecular weight is 307 g/mol. The summed E-state index contributed by atoms with van der Waals surface area (Å²) in [6.07, 6.45) is 0.825. The summed E-state index contributed by atoms with van der Waals surface area (Å²) < 4.78 is 0. The fraction of sp³-hybridized carbons (Fsp3) is 0.364. The highest BCUT2D eigenvalue weighted by Gasteiger charge is 2.14. The van der Waals surface area contributed by atoms with Crippen LogP contribution in [0.2, 0.25) is 5.02 Å². The van der Waals surface area contributed by atoms with E-state index in [1.54, 1.807) is 6.07 Å². The molecule has 0 aliphatic rings. The Balaban J connectivity index is 2.80. The molecule has 0 aliphatic heterocycles. The lowest BCUT2D eigenvalue weighted by Crippen LogP contribution is -2.35. The van der Waals surface area contributed by atoms with Crippen LogP contribution in [-0.4, -0.2) is 22.4 Å². The molecule has 16 heavy (non-hydrogen) atoms. The molecule has 1 atom stereocenters. The van der Waals surface area contributed by atoms with Crippen molar-refractivity contribution in [3.8, 4) is 5.75 Å². The van der Waals surface area contributed by atoms with Gasteiger partial charge in [-0.15, -0.1) is 0 Å². The van der Waals surface area contributed by atoms with Gasteiger partial charge in [0.1, 0.15) is 5.75 Å². The van der Waals surface area contributed by atoms with Gasteiger partial charge in [-0.05, 0) is 24.6 Å².